The highest BCUT2D eigenvalue weighted by Gasteiger charge is 2.16. The van der Waals surface area contributed by atoms with E-state index in [2.05, 4.69) is 15.5 Å². The summed E-state index contributed by atoms with van der Waals surface area (Å²) < 4.78 is 24.1. The normalized spacial score (nSPS) is 11.8. The zero-order chi connectivity index (χ0) is 19.8. The molecule has 0 radical (unpaired) electrons. The lowest BCUT2D eigenvalue weighted by Gasteiger charge is -2.10. The van der Waals surface area contributed by atoms with Gasteiger partial charge < -0.3 is 14.5 Å². The van der Waals surface area contributed by atoms with Crippen molar-refractivity contribution in [1.82, 2.24) is 15.5 Å². The van der Waals surface area contributed by atoms with Crippen LogP contribution in [-0.4, -0.2) is 28.4 Å². The van der Waals surface area contributed by atoms with Crippen LogP contribution in [0.5, 0.6) is 5.75 Å². The molecule has 0 aliphatic rings. The number of nitrogens with zero attached hydrogens (tertiary/aromatic N) is 2. The fourth-order valence-electron chi connectivity index (χ4n) is 2.38. The Morgan fingerprint density at radius 1 is 1.18 bits per heavy atom. The van der Waals surface area contributed by atoms with Gasteiger partial charge in [-0.25, -0.2) is 4.39 Å². The van der Waals surface area contributed by atoms with Gasteiger partial charge in [0.1, 0.15) is 11.6 Å². The van der Waals surface area contributed by atoms with Gasteiger partial charge in [-0.15, -0.1) is 10.2 Å². The lowest BCUT2D eigenvalue weighted by molar-refractivity contribution is -0.118. The summed E-state index contributed by atoms with van der Waals surface area (Å²) in [6, 6.07) is 15.6. The number of amides is 1. The SMILES string of the molecule is C[C@@H](Oc1ccc(F)cc1)c1nnc(SCC(=O)NCCc2ccccc2)o1. The predicted molar refractivity (Wildman–Crippen MR) is 104 cm³/mol. The highest BCUT2D eigenvalue weighted by molar-refractivity contribution is 7.99. The Labute approximate surface area is 166 Å². The molecule has 2 aromatic carbocycles. The van der Waals surface area contributed by atoms with E-state index in [0.717, 1.165) is 18.2 Å². The maximum absolute atomic E-state index is 12.9. The molecule has 0 aliphatic carbocycles. The topological polar surface area (TPSA) is 77.2 Å². The molecule has 0 aliphatic heterocycles. The molecule has 3 rings (SSSR count). The Hall–Kier alpha value is -2.87. The fourth-order valence-corrected chi connectivity index (χ4v) is 2.98. The first kappa shape index (κ1) is 19.9. The minimum Gasteiger partial charge on any atom is -0.481 e. The number of benzene rings is 2. The van der Waals surface area contributed by atoms with Crippen molar-refractivity contribution in [2.45, 2.75) is 24.7 Å². The van der Waals surface area contributed by atoms with E-state index in [1.165, 1.54) is 29.8 Å². The minimum absolute atomic E-state index is 0.101. The molecule has 3 aromatic rings. The molecule has 0 unspecified atom stereocenters. The molecular formula is C20H20FN3O3S. The van der Waals surface area contributed by atoms with Crippen molar-refractivity contribution >= 4 is 17.7 Å². The van der Waals surface area contributed by atoms with Gasteiger partial charge in [0.25, 0.3) is 11.1 Å². The van der Waals surface area contributed by atoms with Gasteiger partial charge in [0.15, 0.2) is 6.10 Å². The summed E-state index contributed by atoms with van der Waals surface area (Å²) in [5.74, 6) is 0.536. The zero-order valence-corrected chi connectivity index (χ0v) is 16.1. The van der Waals surface area contributed by atoms with Crippen LogP contribution in [-0.2, 0) is 11.2 Å². The number of carbonyl (C=O) groups is 1. The van der Waals surface area contributed by atoms with Gasteiger partial charge in [-0.1, -0.05) is 42.1 Å². The van der Waals surface area contributed by atoms with Gasteiger partial charge >= 0.3 is 0 Å². The van der Waals surface area contributed by atoms with Gasteiger partial charge in [-0.2, -0.15) is 0 Å². The van der Waals surface area contributed by atoms with E-state index < -0.39 is 6.10 Å². The first-order chi connectivity index (χ1) is 13.6. The number of hydrogen-bond donors (Lipinski definition) is 1. The molecule has 1 atom stereocenters. The highest BCUT2D eigenvalue weighted by atomic mass is 32.2. The molecule has 1 aromatic heterocycles. The zero-order valence-electron chi connectivity index (χ0n) is 15.3. The highest BCUT2D eigenvalue weighted by Crippen LogP contribution is 2.24. The summed E-state index contributed by atoms with van der Waals surface area (Å²) in [5.41, 5.74) is 1.17. The number of thioether (sulfide) groups is 1. The van der Waals surface area contributed by atoms with Crippen LogP contribution in [0.4, 0.5) is 4.39 Å². The van der Waals surface area contributed by atoms with Crippen molar-refractivity contribution in [3.8, 4) is 5.75 Å². The number of rotatable bonds is 9. The van der Waals surface area contributed by atoms with E-state index in [-0.39, 0.29) is 23.4 Å². The lowest BCUT2D eigenvalue weighted by atomic mass is 10.1. The molecule has 146 valence electrons. The first-order valence-corrected chi connectivity index (χ1v) is 9.78. The van der Waals surface area contributed by atoms with Crippen LogP contribution in [0.15, 0.2) is 64.2 Å². The maximum Gasteiger partial charge on any atom is 0.277 e. The number of ether oxygens (including phenoxy) is 1. The second kappa shape index (κ2) is 9.89. The largest absolute Gasteiger partial charge is 0.481 e. The second-order valence-electron chi connectivity index (χ2n) is 5.99. The molecule has 6 nitrogen and oxygen atoms in total. The molecule has 1 heterocycles. The number of halogens is 1. The smallest absolute Gasteiger partial charge is 0.277 e. The monoisotopic (exact) mass is 401 g/mol. The summed E-state index contributed by atoms with van der Waals surface area (Å²) in [6.07, 6.45) is 0.284. The number of nitrogens with one attached hydrogen (secondary N) is 1. The van der Waals surface area contributed by atoms with Crippen molar-refractivity contribution in [1.29, 1.82) is 0 Å². The lowest BCUT2D eigenvalue weighted by Crippen LogP contribution is -2.27. The van der Waals surface area contributed by atoms with Crippen LogP contribution >= 0.6 is 11.8 Å². The van der Waals surface area contributed by atoms with Crippen molar-refractivity contribution in [2.24, 2.45) is 0 Å². The Morgan fingerprint density at radius 2 is 1.93 bits per heavy atom. The summed E-state index contributed by atoms with van der Waals surface area (Å²) >= 11 is 1.16. The van der Waals surface area contributed by atoms with E-state index in [0.29, 0.717) is 17.5 Å². The maximum atomic E-state index is 12.9. The average Bonchev–Trinajstić information content (AvgIpc) is 3.18. The van der Waals surface area contributed by atoms with E-state index in [1.54, 1.807) is 6.92 Å². The van der Waals surface area contributed by atoms with Crippen LogP contribution in [0.1, 0.15) is 24.5 Å². The first-order valence-electron chi connectivity index (χ1n) is 8.79. The van der Waals surface area contributed by atoms with Crippen LogP contribution in [0, 0.1) is 5.82 Å². The average molecular weight is 401 g/mol. The van der Waals surface area contributed by atoms with E-state index >= 15 is 0 Å². The van der Waals surface area contributed by atoms with Gasteiger partial charge in [0.2, 0.25) is 5.91 Å². The summed E-state index contributed by atoms with van der Waals surface area (Å²) in [4.78, 5) is 11.9. The third-order valence-corrected chi connectivity index (χ3v) is 4.62. The predicted octanol–water partition coefficient (Wildman–Crippen LogP) is 3.80. The van der Waals surface area contributed by atoms with Crippen molar-refractivity contribution in [2.75, 3.05) is 12.3 Å². The van der Waals surface area contributed by atoms with Gasteiger partial charge in [-0.3, -0.25) is 4.79 Å². The van der Waals surface area contributed by atoms with Crippen LogP contribution in [0.2, 0.25) is 0 Å². The molecule has 0 fully saturated rings. The van der Waals surface area contributed by atoms with Crippen molar-refractivity contribution < 1.29 is 18.3 Å². The summed E-state index contributed by atoms with van der Waals surface area (Å²) in [5, 5.41) is 11.0. The van der Waals surface area contributed by atoms with E-state index in [1.807, 2.05) is 30.3 Å². The Balaban J connectivity index is 1.41. The molecule has 8 heteroatoms. The second-order valence-corrected chi connectivity index (χ2v) is 6.92. The molecule has 1 N–H and O–H groups in total. The van der Waals surface area contributed by atoms with Gasteiger partial charge in [-0.05, 0) is 43.2 Å². The number of carbonyl (C=O) groups excluding carboxylic acids is 1. The van der Waals surface area contributed by atoms with E-state index in [9.17, 15) is 9.18 Å². The Bertz CT molecular complexity index is 887. The summed E-state index contributed by atoms with van der Waals surface area (Å²) in [6.45, 7) is 2.32. The molecule has 1 amide bonds. The molecule has 28 heavy (non-hydrogen) atoms. The minimum atomic E-state index is -0.494. The van der Waals surface area contributed by atoms with Crippen LogP contribution in [0.3, 0.4) is 0 Å². The third kappa shape index (κ3) is 6.09. The standard InChI is InChI=1S/C20H20FN3O3S/c1-14(26-17-9-7-16(21)8-10-17)19-23-24-20(27-19)28-13-18(25)22-12-11-15-5-3-2-4-6-15/h2-10,14H,11-13H2,1H3,(H,22,25)/t14-/m1/s1. The van der Waals surface area contributed by atoms with Crippen LogP contribution < -0.4 is 10.1 Å². The molecule has 0 bridgehead atoms. The third-order valence-electron chi connectivity index (χ3n) is 3.80. The quantitative estimate of drug-likeness (QED) is 0.550. The Morgan fingerprint density at radius 3 is 2.68 bits per heavy atom. The Kier molecular flexibility index (Phi) is 7.02. The number of hydrogen-bond acceptors (Lipinski definition) is 6. The molecule has 0 saturated carbocycles. The van der Waals surface area contributed by atoms with Crippen molar-refractivity contribution in [3.05, 3.63) is 71.9 Å². The van der Waals surface area contributed by atoms with Crippen molar-refractivity contribution in [3.63, 3.8) is 0 Å². The molecule has 0 saturated heterocycles. The summed E-state index contributed by atoms with van der Waals surface area (Å²) in [7, 11) is 0. The van der Waals surface area contributed by atoms with Gasteiger partial charge in [0.05, 0.1) is 5.75 Å². The fraction of sp³-hybridized carbons (Fsp3) is 0.250. The van der Waals surface area contributed by atoms with E-state index in [4.69, 9.17) is 9.15 Å². The van der Waals surface area contributed by atoms with Crippen LogP contribution in [0.25, 0.3) is 0 Å². The molecular weight excluding hydrogens is 381 g/mol. The molecule has 0 spiro atoms. The van der Waals surface area contributed by atoms with Gasteiger partial charge in [0, 0.05) is 6.54 Å². The number of aromatic nitrogens is 2.